The fourth-order valence-corrected chi connectivity index (χ4v) is 1.84. The van der Waals surface area contributed by atoms with Crippen molar-refractivity contribution in [2.75, 3.05) is 6.54 Å². The van der Waals surface area contributed by atoms with Crippen LogP contribution in [0.15, 0.2) is 36.5 Å². The molecule has 1 heterocycles. The number of benzene rings is 1. The van der Waals surface area contributed by atoms with Crippen LogP contribution in [0.3, 0.4) is 0 Å². The third kappa shape index (κ3) is 3.25. The molecule has 0 bridgehead atoms. The molecule has 17 heavy (non-hydrogen) atoms. The van der Waals surface area contributed by atoms with Gasteiger partial charge in [0.2, 0.25) is 5.28 Å². The van der Waals surface area contributed by atoms with Crippen LogP contribution in [0.1, 0.15) is 12.0 Å². The molecule has 0 spiro atoms. The molecule has 2 aromatic rings. The van der Waals surface area contributed by atoms with E-state index < -0.39 is 0 Å². The standard InChI is InChI=1S/C13H14ClN3/c14-13-16-8-6-12(17-13)11-5-1-3-10(9-11)4-2-7-15/h1,3,5-6,8-9H,2,4,7,15H2. The highest BCUT2D eigenvalue weighted by atomic mass is 35.5. The van der Waals surface area contributed by atoms with E-state index in [0.717, 1.165) is 24.1 Å². The second kappa shape index (κ2) is 5.75. The highest BCUT2D eigenvalue weighted by Crippen LogP contribution is 2.19. The molecule has 0 aliphatic rings. The van der Waals surface area contributed by atoms with Gasteiger partial charge in [-0.05, 0) is 48.7 Å². The monoisotopic (exact) mass is 247 g/mol. The SMILES string of the molecule is NCCCc1cccc(-c2ccnc(Cl)n2)c1. The molecule has 0 atom stereocenters. The number of nitrogens with zero attached hydrogens (tertiary/aromatic N) is 2. The van der Waals surface area contributed by atoms with Crippen LogP contribution in [0.4, 0.5) is 0 Å². The number of halogens is 1. The quantitative estimate of drug-likeness (QED) is 0.846. The highest BCUT2D eigenvalue weighted by molar-refractivity contribution is 6.28. The Labute approximate surface area is 106 Å². The van der Waals surface area contributed by atoms with E-state index in [1.165, 1.54) is 5.56 Å². The molecule has 2 rings (SSSR count). The van der Waals surface area contributed by atoms with Crippen LogP contribution in [0.2, 0.25) is 5.28 Å². The average Bonchev–Trinajstić information content (AvgIpc) is 2.37. The zero-order valence-electron chi connectivity index (χ0n) is 9.44. The van der Waals surface area contributed by atoms with E-state index in [-0.39, 0.29) is 5.28 Å². The van der Waals surface area contributed by atoms with E-state index in [9.17, 15) is 0 Å². The maximum Gasteiger partial charge on any atom is 0.222 e. The van der Waals surface area contributed by atoms with Crippen LogP contribution in [-0.4, -0.2) is 16.5 Å². The summed E-state index contributed by atoms with van der Waals surface area (Å²) in [6.07, 6.45) is 3.65. The molecule has 0 aliphatic heterocycles. The summed E-state index contributed by atoms with van der Waals surface area (Å²) in [6, 6.07) is 10.1. The summed E-state index contributed by atoms with van der Waals surface area (Å²) < 4.78 is 0. The Balaban J connectivity index is 2.26. The average molecular weight is 248 g/mol. The fourth-order valence-electron chi connectivity index (χ4n) is 1.69. The third-order valence-corrected chi connectivity index (χ3v) is 2.70. The second-order valence-corrected chi connectivity index (χ2v) is 4.14. The molecule has 0 saturated carbocycles. The molecule has 88 valence electrons. The Hall–Kier alpha value is -1.45. The summed E-state index contributed by atoms with van der Waals surface area (Å²) in [6.45, 7) is 0.712. The Kier molecular flexibility index (Phi) is 4.07. The molecule has 0 aliphatic carbocycles. The van der Waals surface area contributed by atoms with Crippen molar-refractivity contribution >= 4 is 11.6 Å². The third-order valence-electron chi connectivity index (χ3n) is 2.52. The number of hydrogen-bond donors (Lipinski definition) is 1. The smallest absolute Gasteiger partial charge is 0.222 e. The molecule has 0 saturated heterocycles. The number of rotatable bonds is 4. The van der Waals surface area contributed by atoms with Gasteiger partial charge in [0, 0.05) is 11.8 Å². The predicted molar refractivity (Wildman–Crippen MR) is 69.9 cm³/mol. The van der Waals surface area contributed by atoms with Crippen molar-refractivity contribution in [1.82, 2.24) is 9.97 Å². The summed E-state index contributed by atoms with van der Waals surface area (Å²) in [4.78, 5) is 8.07. The van der Waals surface area contributed by atoms with Crippen LogP contribution in [0.5, 0.6) is 0 Å². The summed E-state index contributed by atoms with van der Waals surface area (Å²) in [5.41, 5.74) is 8.68. The molecule has 0 radical (unpaired) electrons. The van der Waals surface area contributed by atoms with Gasteiger partial charge in [0.05, 0.1) is 5.69 Å². The molecule has 0 amide bonds. The summed E-state index contributed by atoms with van der Waals surface area (Å²) >= 11 is 5.78. The Morgan fingerprint density at radius 3 is 2.88 bits per heavy atom. The van der Waals surface area contributed by atoms with Gasteiger partial charge in [-0.3, -0.25) is 0 Å². The van der Waals surface area contributed by atoms with Crippen LogP contribution in [0, 0.1) is 0 Å². The minimum absolute atomic E-state index is 0.273. The van der Waals surface area contributed by atoms with Crippen LogP contribution >= 0.6 is 11.6 Å². The van der Waals surface area contributed by atoms with E-state index >= 15 is 0 Å². The number of aromatic nitrogens is 2. The first-order chi connectivity index (χ1) is 8.29. The lowest BCUT2D eigenvalue weighted by Gasteiger charge is -2.04. The summed E-state index contributed by atoms with van der Waals surface area (Å²) in [5, 5.41) is 0.273. The van der Waals surface area contributed by atoms with Crippen LogP contribution < -0.4 is 5.73 Å². The van der Waals surface area contributed by atoms with E-state index in [2.05, 4.69) is 22.1 Å². The number of nitrogens with two attached hydrogens (primary N) is 1. The topological polar surface area (TPSA) is 51.8 Å². The minimum atomic E-state index is 0.273. The van der Waals surface area contributed by atoms with Crippen molar-refractivity contribution in [3.8, 4) is 11.3 Å². The molecule has 2 N–H and O–H groups in total. The molecule has 4 heteroatoms. The van der Waals surface area contributed by atoms with E-state index in [0.29, 0.717) is 6.54 Å². The van der Waals surface area contributed by atoms with Gasteiger partial charge in [-0.2, -0.15) is 0 Å². The molecular weight excluding hydrogens is 234 g/mol. The molecule has 1 aromatic heterocycles. The first-order valence-corrected chi connectivity index (χ1v) is 5.95. The Morgan fingerprint density at radius 2 is 2.12 bits per heavy atom. The van der Waals surface area contributed by atoms with Gasteiger partial charge in [-0.15, -0.1) is 0 Å². The van der Waals surface area contributed by atoms with Gasteiger partial charge in [0.1, 0.15) is 0 Å². The molecule has 0 fully saturated rings. The van der Waals surface area contributed by atoms with Crippen molar-refractivity contribution in [1.29, 1.82) is 0 Å². The van der Waals surface area contributed by atoms with Gasteiger partial charge in [0.15, 0.2) is 0 Å². The highest BCUT2D eigenvalue weighted by Gasteiger charge is 2.02. The maximum absolute atomic E-state index is 5.78. The zero-order chi connectivity index (χ0) is 12.1. The van der Waals surface area contributed by atoms with Gasteiger partial charge in [0.25, 0.3) is 0 Å². The first-order valence-electron chi connectivity index (χ1n) is 5.57. The van der Waals surface area contributed by atoms with E-state index in [1.807, 2.05) is 18.2 Å². The summed E-state index contributed by atoms with van der Waals surface area (Å²) in [7, 11) is 0. The molecule has 3 nitrogen and oxygen atoms in total. The fraction of sp³-hybridized carbons (Fsp3) is 0.231. The van der Waals surface area contributed by atoms with Gasteiger partial charge in [-0.1, -0.05) is 18.2 Å². The lowest BCUT2D eigenvalue weighted by atomic mass is 10.0. The van der Waals surface area contributed by atoms with Crippen LogP contribution in [0.25, 0.3) is 11.3 Å². The Morgan fingerprint density at radius 1 is 1.24 bits per heavy atom. The van der Waals surface area contributed by atoms with Crippen molar-refractivity contribution in [3.63, 3.8) is 0 Å². The number of hydrogen-bond acceptors (Lipinski definition) is 3. The van der Waals surface area contributed by atoms with Gasteiger partial charge >= 0.3 is 0 Å². The van der Waals surface area contributed by atoms with Crippen molar-refractivity contribution in [2.45, 2.75) is 12.8 Å². The van der Waals surface area contributed by atoms with Gasteiger partial charge in [-0.25, -0.2) is 9.97 Å². The van der Waals surface area contributed by atoms with Crippen molar-refractivity contribution in [2.24, 2.45) is 5.73 Å². The molecule has 1 aromatic carbocycles. The summed E-state index contributed by atoms with van der Waals surface area (Å²) in [5.74, 6) is 0. The Bertz CT molecular complexity index is 500. The molecule has 0 unspecified atom stereocenters. The normalized spacial score (nSPS) is 10.5. The minimum Gasteiger partial charge on any atom is -0.330 e. The van der Waals surface area contributed by atoms with Crippen LogP contribution in [-0.2, 0) is 6.42 Å². The lowest BCUT2D eigenvalue weighted by molar-refractivity contribution is 0.833. The lowest BCUT2D eigenvalue weighted by Crippen LogP contribution is -2.00. The zero-order valence-corrected chi connectivity index (χ0v) is 10.2. The van der Waals surface area contributed by atoms with Crippen molar-refractivity contribution < 1.29 is 0 Å². The maximum atomic E-state index is 5.78. The number of aryl methyl sites for hydroxylation is 1. The van der Waals surface area contributed by atoms with Gasteiger partial charge < -0.3 is 5.73 Å². The van der Waals surface area contributed by atoms with E-state index in [1.54, 1.807) is 6.20 Å². The first kappa shape index (κ1) is 12.0. The van der Waals surface area contributed by atoms with Crippen molar-refractivity contribution in [3.05, 3.63) is 47.4 Å². The second-order valence-electron chi connectivity index (χ2n) is 3.80. The predicted octanol–water partition coefficient (Wildman–Crippen LogP) is 2.69. The van der Waals surface area contributed by atoms with E-state index in [4.69, 9.17) is 17.3 Å². The largest absolute Gasteiger partial charge is 0.330 e. The molecular formula is C13H14ClN3.